The smallest absolute Gasteiger partial charge is 0.119 e. The molecule has 2 heterocycles. The molecule has 4 heteroatoms. The Morgan fingerprint density at radius 3 is 3.27 bits per heavy atom. The molecule has 0 aromatic carbocycles. The zero-order valence-corrected chi connectivity index (χ0v) is 7.61. The second-order valence-electron chi connectivity index (χ2n) is 2.34. The molecule has 0 saturated carbocycles. The lowest BCUT2D eigenvalue weighted by Gasteiger charge is -1.91. The first kappa shape index (κ1) is 7.13. The zero-order valence-electron chi connectivity index (χ0n) is 6.04. The van der Waals surface area contributed by atoms with Crippen LogP contribution in [0, 0.1) is 6.92 Å². The van der Waals surface area contributed by atoms with Gasteiger partial charge in [-0.1, -0.05) is 0 Å². The summed E-state index contributed by atoms with van der Waals surface area (Å²) < 4.78 is 2.03. The maximum Gasteiger partial charge on any atom is 0.119 e. The van der Waals surface area contributed by atoms with Gasteiger partial charge in [0.05, 0.1) is 17.8 Å². The van der Waals surface area contributed by atoms with Crippen LogP contribution in [0.5, 0.6) is 0 Å². The highest BCUT2D eigenvalue weighted by Crippen LogP contribution is 2.23. The summed E-state index contributed by atoms with van der Waals surface area (Å²) in [5.41, 5.74) is 1.16. The number of imidazole rings is 1. The minimum absolute atomic E-state index is 0.558. The number of nitrogens with zero attached hydrogens (tertiary/aromatic N) is 2. The lowest BCUT2D eigenvalue weighted by atomic mass is 10.4. The number of alkyl halides is 1. The van der Waals surface area contributed by atoms with Crippen LogP contribution in [-0.4, -0.2) is 9.38 Å². The van der Waals surface area contributed by atoms with E-state index >= 15 is 0 Å². The van der Waals surface area contributed by atoms with E-state index < -0.39 is 0 Å². The normalized spacial score (nSPS) is 11.1. The average Bonchev–Trinajstić information content (AvgIpc) is 2.46. The molecule has 0 spiro atoms. The van der Waals surface area contributed by atoms with Crippen LogP contribution < -0.4 is 0 Å². The van der Waals surface area contributed by atoms with Crippen molar-refractivity contribution in [3.63, 3.8) is 0 Å². The van der Waals surface area contributed by atoms with Gasteiger partial charge in [0.15, 0.2) is 0 Å². The number of rotatable bonds is 1. The van der Waals surface area contributed by atoms with Gasteiger partial charge in [0.25, 0.3) is 0 Å². The molecule has 11 heavy (non-hydrogen) atoms. The molecule has 0 atom stereocenters. The van der Waals surface area contributed by atoms with E-state index in [1.165, 1.54) is 4.88 Å². The lowest BCUT2D eigenvalue weighted by Crippen LogP contribution is -1.86. The molecule has 0 N–H and O–H groups in total. The van der Waals surface area contributed by atoms with Crippen LogP contribution in [0.4, 0.5) is 0 Å². The van der Waals surface area contributed by atoms with Crippen molar-refractivity contribution in [1.29, 1.82) is 0 Å². The Balaban J connectivity index is 2.80. The lowest BCUT2D eigenvalue weighted by molar-refractivity contribution is 1.06. The van der Waals surface area contributed by atoms with Gasteiger partial charge >= 0.3 is 0 Å². The predicted molar refractivity (Wildman–Crippen MR) is 47.4 cm³/mol. The van der Waals surface area contributed by atoms with Gasteiger partial charge < -0.3 is 0 Å². The molecule has 0 aliphatic rings. The van der Waals surface area contributed by atoms with Gasteiger partial charge in [-0.05, 0) is 6.92 Å². The Morgan fingerprint density at radius 1 is 1.73 bits per heavy atom. The predicted octanol–water partition coefficient (Wildman–Crippen LogP) is 2.44. The summed E-state index contributed by atoms with van der Waals surface area (Å²) in [6.45, 7) is 2.08. The maximum absolute atomic E-state index is 5.77. The fourth-order valence-electron chi connectivity index (χ4n) is 1.10. The molecule has 0 aliphatic carbocycles. The molecule has 0 saturated heterocycles. The van der Waals surface area contributed by atoms with E-state index in [0.717, 1.165) is 10.5 Å². The molecule has 0 unspecified atom stereocenters. The number of hydrogen-bond acceptors (Lipinski definition) is 2. The van der Waals surface area contributed by atoms with Crippen molar-refractivity contribution in [2.24, 2.45) is 0 Å². The molecule has 0 bridgehead atoms. The monoisotopic (exact) mass is 186 g/mol. The molecule has 0 radical (unpaired) electrons. The fourth-order valence-corrected chi connectivity index (χ4v) is 2.48. The third-order valence-electron chi connectivity index (χ3n) is 1.69. The Labute approximate surface area is 73.4 Å². The number of halogens is 1. The summed E-state index contributed by atoms with van der Waals surface area (Å²) in [6.07, 6.45) is 3.66. The molecule has 0 fully saturated rings. The number of thiazole rings is 1. The van der Waals surface area contributed by atoms with Gasteiger partial charge in [-0.25, -0.2) is 4.98 Å². The summed E-state index contributed by atoms with van der Waals surface area (Å²) in [5, 5.41) is 0. The van der Waals surface area contributed by atoms with E-state index in [1.807, 2.05) is 10.6 Å². The number of fused-ring (bicyclic) bond motifs is 1. The summed E-state index contributed by atoms with van der Waals surface area (Å²) in [5.74, 6) is 0.558. The molecule has 0 amide bonds. The van der Waals surface area contributed by atoms with Crippen molar-refractivity contribution in [1.82, 2.24) is 9.38 Å². The highest BCUT2D eigenvalue weighted by molar-refractivity contribution is 7.17. The molecule has 0 aliphatic heterocycles. The second-order valence-corrected chi connectivity index (χ2v) is 3.84. The van der Waals surface area contributed by atoms with Crippen LogP contribution >= 0.6 is 22.9 Å². The Morgan fingerprint density at radius 2 is 2.55 bits per heavy atom. The van der Waals surface area contributed by atoms with Crippen LogP contribution in [0.1, 0.15) is 10.6 Å². The summed E-state index contributed by atoms with van der Waals surface area (Å²) in [6, 6.07) is 0. The van der Waals surface area contributed by atoms with Gasteiger partial charge in [0.1, 0.15) is 11.2 Å². The fraction of sp³-hybridized carbons (Fsp3) is 0.286. The highest BCUT2D eigenvalue weighted by atomic mass is 35.5. The maximum atomic E-state index is 5.77. The van der Waals surface area contributed by atoms with Gasteiger partial charge in [-0.3, -0.25) is 4.40 Å². The van der Waals surface area contributed by atoms with Crippen molar-refractivity contribution in [3.05, 3.63) is 23.1 Å². The van der Waals surface area contributed by atoms with E-state index in [9.17, 15) is 0 Å². The first-order valence-electron chi connectivity index (χ1n) is 3.29. The average molecular weight is 187 g/mol. The van der Waals surface area contributed by atoms with Crippen LogP contribution in [0.3, 0.4) is 0 Å². The zero-order chi connectivity index (χ0) is 7.84. The SMILES string of the molecule is Cc1sc2cncn2c1CCl. The summed E-state index contributed by atoms with van der Waals surface area (Å²) in [7, 11) is 0. The first-order chi connectivity index (χ1) is 5.33. The van der Waals surface area contributed by atoms with E-state index in [-0.39, 0.29) is 0 Å². The number of aryl methyl sites for hydroxylation is 1. The van der Waals surface area contributed by atoms with Gasteiger partial charge in [0, 0.05) is 4.88 Å². The third-order valence-corrected chi connectivity index (χ3v) is 2.99. The first-order valence-corrected chi connectivity index (χ1v) is 4.64. The molecule has 2 aromatic heterocycles. The van der Waals surface area contributed by atoms with Crippen molar-refractivity contribution in [3.8, 4) is 0 Å². The third kappa shape index (κ3) is 0.957. The van der Waals surface area contributed by atoms with E-state index in [0.29, 0.717) is 5.88 Å². The molecule has 2 rings (SSSR count). The number of hydrogen-bond donors (Lipinski definition) is 0. The van der Waals surface area contributed by atoms with Crippen molar-refractivity contribution in [2.45, 2.75) is 12.8 Å². The minimum atomic E-state index is 0.558. The topological polar surface area (TPSA) is 17.3 Å². The van der Waals surface area contributed by atoms with Crippen molar-refractivity contribution >= 4 is 27.8 Å². The second kappa shape index (κ2) is 2.50. The van der Waals surface area contributed by atoms with E-state index in [1.54, 1.807) is 17.7 Å². The molecular weight excluding hydrogens is 180 g/mol. The van der Waals surface area contributed by atoms with Gasteiger partial charge in [0.2, 0.25) is 0 Å². The largest absolute Gasteiger partial charge is 0.292 e. The molecule has 58 valence electrons. The van der Waals surface area contributed by atoms with Crippen molar-refractivity contribution < 1.29 is 0 Å². The summed E-state index contributed by atoms with van der Waals surface area (Å²) >= 11 is 7.49. The Hall–Kier alpha value is -0.540. The molecule has 2 aromatic rings. The molecule has 2 nitrogen and oxygen atoms in total. The summed E-state index contributed by atoms with van der Waals surface area (Å²) in [4.78, 5) is 6.47. The Bertz CT molecular complexity index is 377. The quantitative estimate of drug-likeness (QED) is 0.626. The van der Waals surface area contributed by atoms with Crippen LogP contribution in [0.2, 0.25) is 0 Å². The highest BCUT2D eigenvalue weighted by Gasteiger charge is 2.06. The van der Waals surface area contributed by atoms with Crippen molar-refractivity contribution in [2.75, 3.05) is 0 Å². The standard InChI is InChI=1S/C7H7ClN2S/c1-5-6(2-8)10-4-9-3-7(10)11-5/h3-4H,2H2,1H3. The van der Waals surface area contributed by atoms with Gasteiger partial charge in [-0.2, -0.15) is 0 Å². The van der Waals surface area contributed by atoms with Crippen LogP contribution in [0.25, 0.3) is 4.83 Å². The van der Waals surface area contributed by atoms with Crippen LogP contribution in [0.15, 0.2) is 12.5 Å². The molecular formula is C7H7ClN2S. The minimum Gasteiger partial charge on any atom is -0.292 e. The van der Waals surface area contributed by atoms with E-state index in [2.05, 4.69) is 11.9 Å². The number of aromatic nitrogens is 2. The van der Waals surface area contributed by atoms with E-state index in [4.69, 9.17) is 11.6 Å². The van der Waals surface area contributed by atoms with Gasteiger partial charge in [-0.15, -0.1) is 22.9 Å². The Kier molecular flexibility index (Phi) is 1.62. The van der Waals surface area contributed by atoms with Crippen LogP contribution in [-0.2, 0) is 5.88 Å².